The standard InChI is InChI=1S/C20H20N4O5S2/c1-3-29-17(26)9-14-11-30-19(22-14)23-16(25)8-13-10-31-20(21-13)24-18(27)12-4-6-15(28-2)7-5-12/h4-7,10-11H,3,8-9H2,1-2H3,(H,21,24,27)(H,22,23,25). The fraction of sp³-hybridized carbons (Fsp3) is 0.250. The van der Waals surface area contributed by atoms with Gasteiger partial charge >= 0.3 is 5.97 Å². The minimum Gasteiger partial charge on any atom is -0.497 e. The van der Waals surface area contributed by atoms with Gasteiger partial charge in [-0.2, -0.15) is 0 Å². The van der Waals surface area contributed by atoms with Gasteiger partial charge in [0.15, 0.2) is 10.3 Å². The number of anilines is 2. The van der Waals surface area contributed by atoms with Crippen molar-refractivity contribution in [1.82, 2.24) is 9.97 Å². The van der Waals surface area contributed by atoms with E-state index in [0.29, 0.717) is 39.6 Å². The molecule has 3 rings (SSSR count). The fourth-order valence-corrected chi connectivity index (χ4v) is 3.92. The van der Waals surface area contributed by atoms with E-state index < -0.39 is 0 Å². The lowest BCUT2D eigenvalue weighted by molar-refractivity contribution is -0.142. The van der Waals surface area contributed by atoms with Crippen molar-refractivity contribution in [3.63, 3.8) is 0 Å². The first-order valence-corrected chi connectivity index (χ1v) is 11.0. The molecule has 31 heavy (non-hydrogen) atoms. The van der Waals surface area contributed by atoms with Gasteiger partial charge in [-0.3, -0.25) is 19.7 Å². The number of hydrogen-bond donors (Lipinski definition) is 2. The maximum atomic E-state index is 12.3. The monoisotopic (exact) mass is 460 g/mol. The molecule has 0 aliphatic heterocycles. The molecule has 2 aromatic heterocycles. The van der Waals surface area contributed by atoms with Crippen LogP contribution in [0.25, 0.3) is 0 Å². The number of ether oxygens (including phenoxy) is 2. The predicted octanol–water partition coefficient (Wildman–Crippen LogP) is 3.15. The molecular weight excluding hydrogens is 440 g/mol. The lowest BCUT2D eigenvalue weighted by Crippen LogP contribution is -2.15. The molecular formula is C20H20N4O5S2. The number of hydrogen-bond acceptors (Lipinski definition) is 9. The summed E-state index contributed by atoms with van der Waals surface area (Å²) in [5, 5.41) is 9.59. The lowest BCUT2D eigenvalue weighted by atomic mass is 10.2. The molecule has 0 radical (unpaired) electrons. The Morgan fingerprint density at radius 3 is 2.16 bits per heavy atom. The smallest absolute Gasteiger partial charge is 0.311 e. The average molecular weight is 461 g/mol. The summed E-state index contributed by atoms with van der Waals surface area (Å²) >= 11 is 2.46. The maximum Gasteiger partial charge on any atom is 0.311 e. The van der Waals surface area contributed by atoms with E-state index in [9.17, 15) is 14.4 Å². The second kappa shape index (κ2) is 10.6. The molecule has 0 aliphatic carbocycles. The van der Waals surface area contributed by atoms with Crippen LogP contribution in [0, 0.1) is 0 Å². The third-order valence-electron chi connectivity index (χ3n) is 3.89. The minimum absolute atomic E-state index is 0.0295. The van der Waals surface area contributed by atoms with Gasteiger partial charge in [0, 0.05) is 16.3 Å². The average Bonchev–Trinajstić information content (AvgIpc) is 3.37. The lowest BCUT2D eigenvalue weighted by Gasteiger charge is -2.03. The number of rotatable bonds is 9. The Balaban J connectivity index is 1.51. The van der Waals surface area contributed by atoms with E-state index in [2.05, 4.69) is 20.6 Å². The number of amides is 2. The van der Waals surface area contributed by atoms with Crippen LogP contribution in [-0.2, 0) is 27.2 Å². The Labute approximate surface area is 186 Å². The topological polar surface area (TPSA) is 120 Å². The predicted molar refractivity (Wildman–Crippen MR) is 118 cm³/mol. The normalized spacial score (nSPS) is 10.4. The zero-order valence-corrected chi connectivity index (χ0v) is 18.5. The van der Waals surface area contributed by atoms with Crippen LogP contribution < -0.4 is 15.4 Å². The van der Waals surface area contributed by atoms with Crippen molar-refractivity contribution in [3.05, 3.63) is 52.0 Å². The van der Waals surface area contributed by atoms with Gasteiger partial charge in [-0.25, -0.2) is 9.97 Å². The molecule has 0 saturated heterocycles. The summed E-state index contributed by atoms with van der Waals surface area (Å²) in [5.74, 6) is -0.301. The molecule has 9 nitrogen and oxygen atoms in total. The van der Waals surface area contributed by atoms with Crippen molar-refractivity contribution in [1.29, 1.82) is 0 Å². The van der Waals surface area contributed by atoms with E-state index in [4.69, 9.17) is 9.47 Å². The van der Waals surface area contributed by atoms with Crippen molar-refractivity contribution in [2.45, 2.75) is 19.8 Å². The minimum atomic E-state index is -0.364. The van der Waals surface area contributed by atoms with Gasteiger partial charge in [-0.05, 0) is 31.2 Å². The molecule has 1 aromatic carbocycles. The highest BCUT2D eigenvalue weighted by Crippen LogP contribution is 2.20. The Morgan fingerprint density at radius 2 is 1.55 bits per heavy atom. The van der Waals surface area contributed by atoms with Crippen molar-refractivity contribution in [3.8, 4) is 5.75 Å². The number of methoxy groups -OCH3 is 1. The number of nitrogens with one attached hydrogen (secondary N) is 2. The molecule has 0 fully saturated rings. The van der Waals surface area contributed by atoms with Gasteiger partial charge in [-0.15, -0.1) is 22.7 Å². The fourth-order valence-electron chi connectivity index (χ4n) is 2.49. The highest BCUT2D eigenvalue weighted by atomic mass is 32.1. The van der Waals surface area contributed by atoms with Gasteiger partial charge in [-0.1, -0.05) is 0 Å². The quantitative estimate of drug-likeness (QED) is 0.471. The Bertz CT molecular complexity index is 1060. The van der Waals surface area contributed by atoms with Crippen LogP contribution in [0.15, 0.2) is 35.0 Å². The molecule has 2 N–H and O–H groups in total. The number of esters is 1. The summed E-state index contributed by atoms with van der Waals surface area (Å²) in [6, 6.07) is 6.70. The summed E-state index contributed by atoms with van der Waals surface area (Å²) in [7, 11) is 1.55. The van der Waals surface area contributed by atoms with Crippen LogP contribution in [-0.4, -0.2) is 41.5 Å². The first-order chi connectivity index (χ1) is 15.0. The van der Waals surface area contributed by atoms with Gasteiger partial charge in [0.05, 0.1) is 37.9 Å². The van der Waals surface area contributed by atoms with Gasteiger partial charge < -0.3 is 14.8 Å². The molecule has 0 aliphatic rings. The molecule has 3 aromatic rings. The van der Waals surface area contributed by atoms with Gasteiger partial charge in [0.2, 0.25) is 5.91 Å². The van der Waals surface area contributed by atoms with E-state index in [0.717, 1.165) is 0 Å². The van der Waals surface area contributed by atoms with Crippen molar-refractivity contribution in [2.75, 3.05) is 24.4 Å². The summed E-state index contributed by atoms with van der Waals surface area (Å²) < 4.78 is 9.95. The number of benzene rings is 1. The number of carbonyl (C=O) groups is 3. The third kappa shape index (κ3) is 6.59. The SMILES string of the molecule is CCOC(=O)Cc1csc(NC(=O)Cc2csc(NC(=O)c3ccc(OC)cc3)n2)n1. The molecule has 2 amide bonds. The maximum absolute atomic E-state index is 12.3. The van der Waals surface area contributed by atoms with Crippen molar-refractivity contribution < 1.29 is 23.9 Å². The van der Waals surface area contributed by atoms with Crippen LogP contribution in [0.5, 0.6) is 5.75 Å². The summed E-state index contributed by atoms with van der Waals surface area (Å²) in [5.41, 5.74) is 1.53. The van der Waals surface area contributed by atoms with Crippen LogP contribution in [0.4, 0.5) is 10.3 Å². The first-order valence-electron chi connectivity index (χ1n) is 9.26. The molecule has 11 heteroatoms. The largest absolute Gasteiger partial charge is 0.497 e. The summed E-state index contributed by atoms with van der Waals surface area (Å²) in [6.07, 6.45) is 0.0885. The van der Waals surface area contributed by atoms with Crippen molar-refractivity contribution in [2.24, 2.45) is 0 Å². The van der Waals surface area contributed by atoms with E-state index in [1.807, 2.05) is 0 Å². The number of aromatic nitrogens is 2. The number of carbonyl (C=O) groups excluding carboxylic acids is 3. The summed E-state index contributed by atoms with van der Waals surface area (Å²) in [6.45, 7) is 2.04. The zero-order chi connectivity index (χ0) is 22.2. The molecule has 0 unspecified atom stereocenters. The molecule has 2 heterocycles. The van der Waals surface area contributed by atoms with E-state index in [-0.39, 0.29) is 30.6 Å². The first kappa shape index (κ1) is 22.4. The summed E-state index contributed by atoms with van der Waals surface area (Å²) in [4.78, 5) is 44.5. The van der Waals surface area contributed by atoms with Crippen LogP contribution in [0.1, 0.15) is 28.7 Å². The second-order valence-corrected chi connectivity index (χ2v) is 7.89. The Morgan fingerprint density at radius 1 is 0.935 bits per heavy atom. The molecule has 0 atom stereocenters. The van der Waals surface area contributed by atoms with Gasteiger partial charge in [0.25, 0.3) is 5.91 Å². The van der Waals surface area contributed by atoms with E-state index in [1.165, 1.54) is 22.7 Å². The van der Waals surface area contributed by atoms with E-state index >= 15 is 0 Å². The van der Waals surface area contributed by atoms with Gasteiger partial charge in [0.1, 0.15) is 5.75 Å². The molecule has 0 spiro atoms. The van der Waals surface area contributed by atoms with Crippen molar-refractivity contribution >= 4 is 50.7 Å². The van der Waals surface area contributed by atoms with Crippen LogP contribution >= 0.6 is 22.7 Å². The van der Waals surface area contributed by atoms with Crippen LogP contribution in [0.2, 0.25) is 0 Å². The van der Waals surface area contributed by atoms with E-state index in [1.54, 1.807) is 49.1 Å². The zero-order valence-electron chi connectivity index (χ0n) is 16.8. The Kier molecular flexibility index (Phi) is 7.68. The number of nitrogens with zero attached hydrogens (tertiary/aromatic N) is 2. The highest BCUT2D eigenvalue weighted by Gasteiger charge is 2.14. The van der Waals surface area contributed by atoms with Crippen LogP contribution in [0.3, 0.4) is 0 Å². The highest BCUT2D eigenvalue weighted by molar-refractivity contribution is 7.14. The Hall–Kier alpha value is -3.31. The molecule has 162 valence electrons. The number of thiazole rings is 2. The molecule has 0 bridgehead atoms. The molecule has 0 saturated carbocycles. The third-order valence-corrected chi connectivity index (χ3v) is 5.51. The second-order valence-electron chi connectivity index (χ2n) is 6.18.